The SMILES string of the molecule is C[C@H](CCc1ccccc1)NC(=O)COc1cccc(Br)c1. The van der Waals surface area contributed by atoms with E-state index >= 15 is 0 Å². The van der Waals surface area contributed by atoms with Gasteiger partial charge in [-0.1, -0.05) is 52.3 Å². The van der Waals surface area contributed by atoms with Gasteiger partial charge in [0.25, 0.3) is 5.91 Å². The molecule has 0 saturated carbocycles. The average molecular weight is 362 g/mol. The van der Waals surface area contributed by atoms with Gasteiger partial charge in [0.05, 0.1) is 0 Å². The summed E-state index contributed by atoms with van der Waals surface area (Å²) in [7, 11) is 0. The third-order valence-corrected chi connectivity index (χ3v) is 3.78. The number of benzene rings is 2. The average Bonchev–Trinajstić information content (AvgIpc) is 2.52. The van der Waals surface area contributed by atoms with Crippen LogP contribution in [0.4, 0.5) is 0 Å². The van der Waals surface area contributed by atoms with Crippen molar-refractivity contribution in [1.82, 2.24) is 5.32 Å². The highest BCUT2D eigenvalue weighted by Crippen LogP contribution is 2.17. The van der Waals surface area contributed by atoms with Gasteiger partial charge in [-0.05, 0) is 43.5 Å². The third-order valence-electron chi connectivity index (χ3n) is 3.28. The van der Waals surface area contributed by atoms with Crippen LogP contribution < -0.4 is 10.1 Å². The molecule has 0 fully saturated rings. The lowest BCUT2D eigenvalue weighted by atomic mass is 10.1. The molecule has 22 heavy (non-hydrogen) atoms. The van der Waals surface area contributed by atoms with Gasteiger partial charge in [-0.3, -0.25) is 4.79 Å². The number of carbonyl (C=O) groups excluding carboxylic acids is 1. The molecule has 0 saturated heterocycles. The Bertz CT molecular complexity index is 601. The summed E-state index contributed by atoms with van der Waals surface area (Å²) in [4.78, 5) is 11.9. The van der Waals surface area contributed by atoms with E-state index in [0.717, 1.165) is 17.3 Å². The van der Waals surface area contributed by atoms with Gasteiger partial charge in [0.2, 0.25) is 0 Å². The number of hydrogen-bond acceptors (Lipinski definition) is 2. The molecule has 2 aromatic rings. The lowest BCUT2D eigenvalue weighted by Gasteiger charge is -2.14. The lowest BCUT2D eigenvalue weighted by Crippen LogP contribution is -2.36. The Morgan fingerprint density at radius 2 is 1.95 bits per heavy atom. The van der Waals surface area contributed by atoms with Crippen molar-refractivity contribution in [2.45, 2.75) is 25.8 Å². The van der Waals surface area contributed by atoms with Crippen molar-refractivity contribution < 1.29 is 9.53 Å². The number of hydrogen-bond donors (Lipinski definition) is 1. The highest BCUT2D eigenvalue weighted by Gasteiger charge is 2.08. The van der Waals surface area contributed by atoms with E-state index in [-0.39, 0.29) is 18.6 Å². The Kier molecular flexibility index (Phi) is 6.46. The van der Waals surface area contributed by atoms with E-state index in [9.17, 15) is 4.79 Å². The number of halogens is 1. The van der Waals surface area contributed by atoms with Gasteiger partial charge in [-0.15, -0.1) is 0 Å². The monoisotopic (exact) mass is 361 g/mol. The summed E-state index contributed by atoms with van der Waals surface area (Å²) in [5.74, 6) is 0.585. The first-order valence-electron chi connectivity index (χ1n) is 7.35. The Labute approximate surface area is 139 Å². The van der Waals surface area contributed by atoms with Crippen molar-refractivity contribution in [3.05, 3.63) is 64.6 Å². The molecule has 1 amide bonds. The zero-order valence-electron chi connectivity index (χ0n) is 12.6. The molecule has 0 radical (unpaired) electrons. The van der Waals surface area contributed by atoms with Crippen LogP contribution in [0.1, 0.15) is 18.9 Å². The van der Waals surface area contributed by atoms with Gasteiger partial charge in [-0.2, -0.15) is 0 Å². The number of carbonyl (C=O) groups is 1. The van der Waals surface area contributed by atoms with Gasteiger partial charge in [0.15, 0.2) is 6.61 Å². The van der Waals surface area contributed by atoms with Gasteiger partial charge >= 0.3 is 0 Å². The summed E-state index contributed by atoms with van der Waals surface area (Å²) >= 11 is 3.37. The van der Waals surface area contributed by atoms with E-state index in [4.69, 9.17) is 4.74 Å². The Morgan fingerprint density at radius 1 is 1.18 bits per heavy atom. The van der Waals surface area contributed by atoms with Gasteiger partial charge in [0, 0.05) is 10.5 Å². The van der Waals surface area contributed by atoms with Crippen LogP contribution in [0, 0.1) is 0 Å². The zero-order valence-corrected chi connectivity index (χ0v) is 14.2. The van der Waals surface area contributed by atoms with Crippen molar-refractivity contribution in [3.8, 4) is 5.75 Å². The molecule has 2 rings (SSSR count). The predicted octanol–water partition coefficient (Wildman–Crippen LogP) is 3.97. The highest BCUT2D eigenvalue weighted by atomic mass is 79.9. The lowest BCUT2D eigenvalue weighted by molar-refractivity contribution is -0.123. The zero-order chi connectivity index (χ0) is 15.8. The van der Waals surface area contributed by atoms with Gasteiger partial charge in [-0.25, -0.2) is 0 Å². The number of ether oxygens (including phenoxy) is 1. The minimum absolute atomic E-state index is 0.0339. The first-order valence-corrected chi connectivity index (χ1v) is 8.14. The normalized spacial score (nSPS) is 11.7. The molecule has 0 spiro atoms. The number of rotatable bonds is 7. The summed E-state index contributed by atoms with van der Waals surface area (Å²) in [5.41, 5.74) is 1.29. The molecule has 0 aliphatic heterocycles. The molecule has 2 aromatic carbocycles. The van der Waals surface area contributed by atoms with Crippen molar-refractivity contribution in [2.75, 3.05) is 6.61 Å². The van der Waals surface area contributed by atoms with Crippen LogP contribution in [0.15, 0.2) is 59.1 Å². The molecule has 0 heterocycles. The van der Waals surface area contributed by atoms with Crippen LogP contribution in [-0.4, -0.2) is 18.6 Å². The van der Waals surface area contributed by atoms with E-state index < -0.39 is 0 Å². The van der Waals surface area contributed by atoms with Crippen molar-refractivity contribution in [2.24, 2.45) is 0 Å². The van der Waals surface area contributed by atoms with E-state index in [1.807, 2.05) is 49.4 Å². The largest absolute Gasteiger partial charge is 0.484 e. The molecule has 4 heteroatoms. The summed E-state index contributed by atoms with van der Waals surface area (Å²) < 4.78 is 6.40. The van der Waals surface area contributed by atoms with Crippen LogP contribution >= 0.6 is 15.9 Å². The topological polar surface area (TPSA) is 38.3 Å². The van der Waals surface area contributed by atoms with Crippen molar-refractivity contribution >= 4 is 21.8 Å². The van der Waals surface area contributed by atoms with E-state index in [1.54, 1.807) is 0 Å². The van der Waals surface area contributed by atoms with Gasteiger partial charge < -0.3 is 10.1 Å². The second-order valence-electron chi connectivity index (χ2n) is 5.24. The molecule has 0 aliphatic carbocycles. The third kappa shape index (κ3) is 5.90. The van der Waals surface area contributed by atoms with Crippen LogP contribution in [0.25, 0.3) is 0 Å². The maximum atomic E-state index is 11.9. The molecule has 0 unspecified atom stereocenters. The summed E-state index contributed by atoms with van der Waals surface area (Å²) in [6.45, 7) is 2.05. The molecule has 0 bridgehead atoms. The standard InChI is InChI=1S/C18H20BrNO2/c1-14(10-11-15-6-3-2-4-7-15)20-18(21)13-22-17-9-5-8-16(19)12-17/h2-9,12,14H,10-11,13H2,1H3,(H,20,21)/t14-/m1/s1. The molecule has 0 aliphatic rings. The molecule has 3 nitrogen and oxygen atoms in total. The number of nitrogens with one attached hydrogen (secondary N) is 1. The molecule has 1 N–H and O–H groups in total. The van der Waals surface area contributed by atoms with Crippen molar-refractivity contribution in [3.63, 3.8) is 0 Å². The fourth-order valence-corrected chi connectivity index (χ4v) is 2.50. The molecule has 1 atom stereocenters. The van der Waals surface area contributed by atoms with E-state index in [2.05, 4.69) is 33.4 Å². The Balaban J connectivity index is 1.70. The van der Waals surface area contributed by atoms with Crippen LogP contribution in [0.3, 0.4) is 0 Å². The Morgan fingerprint density at radius 3 is 2.68 bits per heavy atom. The molecular weight excluding hydrogens is 342 g/mol. The summed E-state index contributed by atoms with van der Waals surface area (Å²) in [6, 6.07) is 17.9. The first kappa shape index (κ1) is 16.6. The number of aryl methyl sites for hydroxylation is 1. The number of amides is 1. The summed E-state index contributed by atoms with van der Waals surface area (Å²) in [5, 5.41) is 2.96. The van der Waals surface area contributed by atoms with Gasteiger partial charge in [0.1, 0.15) is 5.75 Å². The smallest absolute Gasteiger partial charge is 0.258 e. The maximum absolute atomic E-state index is 11.9. The highest BCUT2D eigenvalue weighted by molar-refractivity contribution is 9.10. The fourth-order valence-electron chi connectivity index (χ4n) is 2.12. The maximum Gasteiger partial charge on any atom is 0.258 e. The molecule has 116 valence electrons. The Hall–Kier alpha value is -1.81. The first-order chi connectivity index (χ1) is 10.6. The van der Waals surface area contributed by atoms with Crippen molar-refractivity contribution in [1.29, 1.82) is 0 Å². The quantitative estimate of drug-likeness (QED) is 0.810. The molecular formula is C18H20BrNO2. The second kappa shape index (κ2) is 8.59. The van der Waals surface area contributed by atoms with Crippen LogP contribution in [0.5, 0.6) is 5.75 Å². The summed E-state index contributed by atoms with van der Waals surface area (Å²) in [6.07, 6.45) is 1.86. The minimum Gasteiger partial charge on any atom is -0.484 e. The molecule has 0 aromatic heterocycles. The minimum atomic E-state index is -0.0967. The second-order valence-corrected chi connectivity index (χ2v) is 6.15. The van der Waals surface area contributed by atoms with Crippen LogP contribution in [0.2, 0.25) is 0 Å². The van der Waals surface area contributed by atoms with E-state index in [0.29, 0.717) is 5.75 Å². The van der Waals surface area contributed by atoms with E-state index in [1.165, 1.54) is 5.56 Å². The fraction of sp³-hybridized carbons (Fsp3) is 0.278. The van der Waals surface area contributed by atoms with Crippen LogP contribution in [-0.2, 0) is 11.2 Å². The predicted molar refractivity (Wildman–Crippen MR) is 92.0 cm³/mol.